The largest absolute Gasteiger partial charge is 0.481 e. The standard InChI is InChI=1S/C22H27F3O4S.C5H10O2/c1-11-6-13-14-8-16(24)15-7-12(26)4-5-19(15,2)21(14,25)17(27)9-20(13,3)22(11,29)18(28)30-10-23;1-2-3-4-5(6)7/h4-5,7,11,13-14,16-17,27,29H,6,8-10H2,1-3H3;2-4H2,1H3,(H,6,7)/t11-,13+,14+,16+,17+,19+,20+,21+,22+;/m1./s1. The topological polar surface area (TPSA) is 112 Å². The number of hydrogen-bond acceptors (Lipinski definition) is 6. The van der Waals surface area contributed by atoms with Crippen molar-refractivity contribution in [2.45, 2.75) is 89.8 Å². The predicted octanol–water partition coefficient (Wildman–Crippen LogP) is 4.73. The monoisotopic (exact) mass is 546 g/mol. The van der Waals surface area contributed by atoms with Gasteiger partial charge in [0.15, 0.2) is 11.5 Å². The van der Waals surface area contributed by atoms with Crippen molar-refractivity contribution in [2.75, 3.05) is 6.01 Å². The zero-order valence-electron chi connectivity index (χ0n) is 21.7. The summed E-state index contributed by atoms with van der Waals surface area (Å²) in [6.45, 7) is 6.76. The van der Waals surface area contributed by atoms with Crippen molar-refractivity contribution in [1.82, 2.24) is 0 Å². The summed E-state index contributed by atoms with van der Waals surface area (Å²) in [7, 11) is 0. The molecule has 9 atom stereocenters. The van der Waals surface area contributed by atoms with Crippen molar-refractivity contribution < 1.29 is 42.9 Å². The Kier molecular flexibility index (Phi) is 8.48. The van der Waals surface area contributed by atoms with Gasteiger partial charge in [-0.05, 0) is 62.2 Å². The molecule has 0 amide bonds. The Morgan fingerprint density at radius 2 is 1.86 bits per heavy atom. The van der Waals surface area contributed by atoms with E-state index < -0.39 is 75.0 Å². The van der Waals surface area contributed by atoms with Crippen molar-refractivity contribution in [3.63, 3.8) is 0 Å². The quantitative estimate of drug-likeness (QED) is 0.457. The first-order chi connectivity index (χ1) is 17.1. The summed E-state index contributed by atoms with van der Waals surface area (Å²) >= 11 is 0.371. The summed E-state index contributed by atoms with van der Waals surface area (Å²) in [4.78, 5) is 34.3. The number of allylic oxidation sites excluding steroid dienone is 4. The molecule has 0 heterocycles. The number of carbonyl (C=O) groups excluding carboxylic acids is 2. The van der Waals surface area contributed by atoms with Crippen LogP contribution in [0.2, 0.25) is 0 Å². The van der Waals surface area contributed by atoms with Crippen molar-refractivity contribution in [2.24, 2.45) is 28.6 Å². The average molecular weight is 547 g/mol. The number of thioether (sulfide) groups is 1. The number of alkyl halides is 3. The first-order valence-corrected chi connectivity index (χ1v) is 13.8. The Morgan fingerprint density at radius 1 is 1.22 bits per heavy atom. The van der Waals surface area contributed by atoms with Crippen LogP contribution >= 0.6 is 11.8 Å². The number of aliphatic carboxylic acids is 1. The molecule has 10 heteroatoms. The van der Waals surface area contributed by atoms with Crippen molar-refractivity contribution >= 4 is 28.6 Å². The van der Waals surface area contributed by atoms with E-state index in [0.717, 1.165) is 18.9 Å². The summed E-state index contributed by atoms with van der Waals surface area (Å²) < 4.78 is 45.1. The lowest BCUT2D eigenvalue weighted by atomic mass is 9.44. The molecule has 37 heavy (non-hydrogen) atoms. The molecule has 0 saturated heterocycles. The molecule has 0 radical (unpaired) electrons. The SMILES string of the molecule is CCCCC(=O)O.C[C@@H]1C[C@H]2[C@@H]3C[C@H](F)C4=CC(=O)C=C[C@]4(C)[C@@]3(F)[C@@H](O)C[C@]2(C)[C@@]1(O)C(=O)SCF. The van der Waals surface area contributed by atoms with E-state index in [1.54, 1.807) is 13.8 Å². The van der Waals surface area contributed by atoms with Gasteiger partial charge in [0.2, 0.25) is 5.12 Å². The number of halogens is 3. The maximum atomic E-state index is 16.9. The third-order valence-electron chi connectivity index (χ3n) is 9.45. The fraction of sp³-hybridized carbons (Fsp3) is 0.741. The van der Waals surface area contributed by atoms with E-state index in [1.165, 1.54) is 19.1 Å². The zero-order valence-corrected chi connectivity index (χ0v) is 22.5. The Labute approximate surface area is 219 Å². The van der Waals surface area contributed by atoms with Gasteiger partial charge in [-0.25, -0.2) is 13.2 Å². The number of fused-ring (bicyclic) bond motifs is 5. The predicted molar refractivity (Wildman–Crippen MR) is 134 cm³/mol. The van der Waals surface area contributed by atoms with Gasteiger partial charge in [-0.1, -0.05) is 45.0 Å². The smallest absolute Gasteiger partial charge is 0.303 e. The number of carboxylic acid groups (broad SMARTS) is 1. The van der Waals surface area contributed by atoms with Gasteiger partial charge >= 0.3 is 5.97 Å². The Bertz CT molecular complexity index is 1000. The lowest BCUT2D eigenvalue weighted by Gasteiger charge is -2.63. The fourth-order valence-corrected chi connectivity index (χ4v) is 8.22. The number of aliphatic hydroxyl groups excluding tert-OH is 1. The number of carbonyl (C=O) groups is 3. The summed E-state index contributed by atoms with van der Waals surface area (Å²) in [6, 6.07) is -0.995. The van der Waals surface area contributed by atoms with Crippen LogP contribution in [0.3, 0.4) is 0 Å². The number of rotatable bonds is 5. The molecule has 0 spiro atoms. The second-order valence-corrected chi connectivity index (χ2v) is 12.2. The van der Waals surface area contributed by atoms with E-state index in [-0.39, 0.29) is 24.8 Å². The molecule has 0 aliphatic heterocycles. The second-order valence-electron chi connectivity index (χ2n) is 11.3. The fourth-order valence-electron chi connectivity index (χ4n) is 7.46. The molecule has 4 aliphatic carbocycles. The van der Waals surface area contributed by atoms with Crippen LogP contribution < -0.4 is 0 Å². The normalized spacial score (nSPS) is 44.1. The van der Waals surface area contributed by atoms with Crippen molar-refractivity contribution in [3.05, 3.63) is 23.8 Å². The lowest BCUT2D eigenvalue weighted by Crippen LogP contribution is -2.70. The summed E-state index contributed by atoms with van der Waals surface area (Å²) in [6.07, 6.45) is 2.39. The van der Waals surface area contributed by atoms with Gasteiger partial charge < -0.3 is 15.3 Å². The van der Waals surface area contributed by atoms with Crippen LogP contribution in [0.25, 0.3) is 0 Å². The van der Waals surface area contributed by atoms with Gasteiger partial charge in [0.25, 0.3) is 0 Å². The first kappa shape index (κ1) is 29.9. The van der Waals surface area contributed by atoms with E-state index >= 15 is 8.78 Å². The number of carboxylic acids is 1. The summed E-state index contributed by atoms with van der Waals surface area (Å²) in [5.74, 6) is -3.26. The minimum atomic E-state index is -2.26. The zero-order chi connectivity index (χ0) is 28.0. The maximum absolute atomic E-state index is 16.9. The highest BCUT2D eigenvalue weighted by atomic mass is 32.2. The molecule has 0 aromatic rings. The van der Waals surface area contributed by atoms with Gasteiger partial charge in [0.1, 0.15) is 17.8 Å². The number of unbranched alkanes of at least 4 members (excludes halogenated alkanes) is 1. The third-order valence-corrected chi connectivity index (χ3v) is 10.1. The first-order valence-electron chi connectivity index (χ1n) is 12.8. The van der Waals surface area contributed by atoms with E-state index in [1.807, 2.05) is 6.92 Å². The Balaban J connectivity index is 0.000000479. The third kappa shape index (κ3) is 4.40. The second kappa shape index (κ2) is 10.5. The molecular formula is C27H37F3O6S. The molecule has 3 saturated carbocycles. The number of ketones is 1. The lowest BCUT2D eigenvalue weighted by molar-refractivity contribution is -0.221. The van der Waals surface area contributed by atoms with Crippen LogP contribution in [0.5, 0.6) is 0 Å². The molecular weight excluding hydrogens is 509 g/mol. The Morgan fingerprint density at radius 3 is 2.41 bits per heavy atom. The molecule has 208 valence electrons. The van der Waals surface area contributed by atoms with Gasteiger partial charge in [-0.2, -0.15) is 0 Å². The van der Waals surface area contributed by atoms with Crippen LogP contribution in [0.4, 0.5) is 13.2 Å². The average Bonchev–Trinajstić information content (AvgIpc) is 3.03. The van der Waals surface area contributed by atoms with Gasteiger partial charge in [-0.15, -0.1) is 0 Å². The highest BCUT2D eigenvalue weighted by Gasteiger charge is 2.76. The summed E-state index contributed by atoms with van der Waals surface area (Å²) in [5, 5.41) is 29.9. The van der Waals surface area contributed by atoms with Crippen LogP contribution in [-0.2, 0) is 14.4 Å². The van der Waals surface area contributed by atoms with Crippen LogP contribution in [0, 0.1) is 28.6 Å². The molecule has 3 fully saturated rings. The molecule has 3 N–H and O–H groups in total. The van der Waals surface area contributed by atoms with Crippen LogP contribution in [0.1, 0.15) is 66.2 Å². The highest BCUT2D eigenvalue weighted by molar-refractivity contribution is 8.13. The van der Waals surface area contributed by atoms with Gasteiger partial charge in [-0.3, -0.25) is 14.4 Å². The van der Waals surface area contributed by atoms with Gasteiger partial charge in [0.05, 0.1) is 6.10 Å². The van der Waals surface area contributed by atoms with Crippen LogP contribution in [-0.4, -0.2) is 61.7 Å². The minimum absolute atomic E-state index is 0.0294. The molecule has 0 unspecified atom stereocenters. The Hall–Kier alpha value is -1.65. The molecule has 0 bridgehead atoms. The number of hydrogen-bond donors (Lipinski definition) is 3. The van der Waals surface area contributed by atoms with E-state index in [9.17, 15) is 29.0 Å². The van der Waals surface area contributed by atoms with Crippen molar-refractivity contribution in [1.29, 1.82) is 0 Å². The molecule has 6 nitrogen and oxygen atoms in total. The molecule has 0 aromatic carbocycles. The number of aliphatic hydroxyl groups is 2. The van der Waals surface area contributed by atoms with Crippen molar-refractivity contribution in [3.8, 4) is 0 Å². The van der Waals surface area contributed by atoms with E-state index in [0.29, 0.717) is 18.2 Å². The maximum Gasteiger partial charge on any atom is 0.303 e. The molecule has 4 aliphatic rings. The van der Waals surface area contributed by atoms with Gasteiger partial charge in [0, 0.05) is 23.2 Å². The van der Waals surface area contributed by atoms with E-state index in [4.69, 9.17) is 5.11 Å². The summed E-state index contributed by atoms with van der Waals surface area (Å²) in [5.41, 5.74) is -6.91. The highest BCUT2D eigenvalue weighted by Crippen LogP contribution is 2.71. The van der Waals surface area contributed by atoms with E-state index in [2.05, 4.69) is 0 Å². The molecule has 4 rings (SSSR count). The minimum Gasteiger partial charge on any atom is -0.481 e. The molecule has 0 aromatic heterocycles. The van der Waals surface area contributed by atoms with Crippen LogP contribution in [0.15, 0.2) is 23.8 Å².